The molecule has 7 nitrogen and oxygen atoms in total. The van der Waals surface area contributed by atoms with Crippen molar-refractivity contribution in [2.75, 3.05) is 32.0 Å². The van der Waals surface area contributed by atoms with Crippen LogP contribution < -0.4 is 5.32 Å². The van der Waals surface area contributed by atoms with Crippen LogP contribution in [0.4, 0.5) is 0 Å². The van der Waals surface area contributed by atoms with Crippen molar-refractivity contribution < 1.29 is 19.4 Å². The van der Waals surface area contributed by atoms with Crippen molar-refractivity contribution in [2.24, 2.45) is 0 Å². The molecule has 3 rings (SSSR count). The minimum Gasteiger partial charge on any atom is -0.478 e. The second kappa shape index (κ2) is 11.0. The lowest BCUT2D eigenvalue weighted by atomic mass is 10.2. The van der Waals surface area contributed by atoms with Gasteiger partial charge in [-0.3, -0.25) is 14.7 Å². The van der Waals surface area contributed by atoms with E-state index < -0.39 is 5.97 Å². The van der Waals surface area contributed by atoms with Gasteiger partial charge in [-0.15, -0.1) is 11.8 Å². The highest BCUT2D eigenvalue weighted by molar-refractivity contribution is 8.00. The highest BCUT2D eigenvalue weighted by Gasteiger charge is 2.21. The molecule has 1 aliphatic heterocycles. The molecule has 0 bridgehead atoms. The van der Waals surface area contributed by atoms with E-state index in [0.29, 0.717) is 34.6 Å². The zero-order chi connectivity index (χ0) is 21.5. The van der Waals surface area contributed by atoms with Gasteiger partial charge in [-0.2, -0.15) is 0 Å². The first kappa shape index (κ1) is 22.8. The highest BCUT2D eigenvalue weighted by Crippen LogP contribution is 2.23. The number of ether oxygens (including phenoxy) is 1. The van der Waals surface area contributed by atoms with Crippen molar-refractivity contribution in [3.63, 3.8) is 0 Å². The molecule has 1 atom stereocenters. The molecule has 1 aromatic heterocycles. The third kappa shape index (κ3) is 6.85. The van der Waals surface area contributed by atoms with Crippen LogP contribution in [0.15, 0.2) is 41.6 Å². The van der Waals surface area contributed by atoms with Crippen LogP contribution in [0.1, 0.15) is 15.9 Å². The largest absolute Gasteiger partial charge is 0.478 e. The number of benzene rings is 1. The molecule has 0 aliphatic carbocycles. The van der Waals surface area contributed by atoms with E-state index in [1.54, 1.807) is 6.07 Å². The Balaban J connectivity index is 1.42. The summed E-state index contributed by atoms with van der Waals surface area (Å²) in [6.07, 6.45) is 2.71. The van der Waals surface area contributed by atoms with Gasteiger partial charge in [0.25, 0.3) is 0 Å². The molecular formula is C20H21Cl2N3O4S. The number of nitrogens with one attached hydrogen (secondary N) is 1. The van der Waals surface area contributed by atoms with Crippen molar-refractivity contribution in [1.82, 2.24) is 15.2 Å². The fraction of sp³-hybridized carbons (Fsp3) is 0.350. The average Bonchev–Trinajstić information content (AvgIpc) is 2.74. The first-order valence-electron chi connectivity index (χ1n) is 9.26. The topological polar surface area (TPSA) is 91.8 Å². The van der Waals surface area contributed by atoms with Crippen LogP contribution in [-0.2, 0) is 16.1 Å². The van der Waals surface area contributed by atoms with Crippen LogP contribution in [0, 0.1) is 0 Å². The van der Waals surface area contributed by atoms with Gasteiger partial charge in [0, 0.05) is 43.5 Å². The summed E-state index contributed by atoms with van der Waals surface area (Å²) < 4.78 is 5.76. The van der Waals surface area contributed by atoms with E-state index >= 15 is 0 Å². The molecule has 10 heteroatoms. The number of morpholine rings is 1. The summed E-state index contributed by atoms with van der Waals surface area (Å²) in [5.41, 5.74) is 1.17. The third-order valence-electron chi connectivity index (χ3n) is 4.47. The molecular weight excluding hydrogens is 449 g/mol. The maximum absolute atomic E-state index is 12.2. The quantitative estimate of drug-likeness (QED) is 0.573. The number of nitrogens with zero attached hydrogens (tertiary/aromatic N) is 2. The Morgan fingerprint density at radius 2 is 2.10 bits per heavy atom. The first-order chi connectivity index (χ1) is 14.4. The Labute approximate surface area is 188 Å². The molecule has 1 amide bonds. The van der Waals surface area contributed by atoms with Gasteiger partial charge in [0.1, 0.15) is 0 Å². The smallest absolute Gasteiger partial charge is 0.337 e. The number of hydrogen-bond donors (Lipinski definition) is 2. The molecule has 1 fully saturated rings. The van der Waals surface area contributed by atoms with Crippen LogP contribution in [-0.4, -0.2) is 65.0 Å². The Kier molecular flexibility index (Phi) is 8.35. The van der Waals surface area contributed by atoms with Gasteiger partial charge >= 0.3 is 5.97 Å². The summed E-state index contributed by atoms with van der Waals surface area (Å²) in [5.74, 6) is -1.02. The first-order valence-corrected chi connectivity index (χ1v) is 11.0. The predicted molar refractivity (Wildman–Crippen MR) is 116 cm³/mol. The number of thioether (sulfide) groups is 1. The maximum Gasteiger partial charge on any atom is 0.337 e. The molecule has 30 heavy (non-hydrogen) atoms. The molecule has 1 aliphatic rings. The molecule has 1 aromatic carbocycles. The van der Waals surface area contributed by atoms with Gasteiger partial charge in [0.15, 0.2) is 0 Å². The molecule has 1 saturated heterocycles. The van der Waals surface area contributed by atoms with Crippen LogP contribution in [0.3, 0.4) is 0 Å². The van der Waals surface area contributed by atoms with Crippen LogP contribution >= 0.6 is 35.0 Å². The lowest BCUT2D eigenvalue weighted by Crippen LogP contribution is -2.47. The van der Waals surface area contributed by atoms with Crippen molar-refractivity contribution in [2.45, 2.75) is 17.5 Å². The van der Waals surface area contributed by atoms with E-state index in [1.165, 1.54) is 30.2 Å². The number of carbonyl (C=O) groups is 2. The zero-order valence-electron chi connectivity index (χ0n) is 16.0. The second-order valence-corrected chi connectivity index (χ2v) is 8.65. The minimum atomic E-state index is -1.05. The van der Waals surface area contributed by atoms with E-state index in [9.17, 15) is 9.59 Å². The summed E-state index contributed by atoms with van der Waals surface area (Å²) in [7, 11) is 0. The van der Waals surface area contributed by atoms with Gasteiger partial charge in [-0.25, -0.2) is 4.79 Å². The Hall–Kier alpha value is -1.84. The molecule has 0 saturated carbocycles. The number of pyridine rings is 1. The zero-order valence-corrected chi connectivity index (χ0v) is 18.3. The summed E-state index contributed by atoms with van der Waals surface area (Å²) in [6.45, 7) is 3.22. The molecule has 2 N–H and O–H groups in total. The Bertz CT molecular complexity index is 915. The van der Waals surface area contributed by atoms with E-state index in [0.717, 1.165) is 18.7 Å². The summed E-state index contributed by atoms with van der Waals surface area (Å²) >= 11 is 13.3. The summed E-state index contributed by atoms with van der Waals surface area (Å²) in [4.78, 5) is 29.9. The van der Waals surface area contributed by atoms with Gasteiger partial charge in [0.05, 0.1) is 34.1 Å². The van der Waals surface area contributed by atoms with Crippen LogP contribution in [0.25, 0.3) is 0 Å². The maximum atomic E-state index is 12.2. The number of hydrogen-bond acceptors (Lipinski definition) is 6. The average molecular weight is 470 g/mol. The number of aromatic nitrogens is 1. The van der Waals surface area contributed by atoms with E-state index in [1.807, 2.05) is 12.1 Å². The van der Waals surface area contributed by atoms with Crippen molar-refractivity contribution >= 4 is 46.8 Å². The number of amides is 1. The van der Waals surface area contributed by atoms with Crippen LogP contribution in [0.2, 0.25) is 10.0 Å². The fourth-order valence-electron chi connectivity index (χ4n) is 2.99. The van der Waals surface area contributed by atoms with Gasteiger partial charge in [-0.1, -0.05) is 29.3 Å². The SMILES string of the molecule is O=C(CSc1cncc(C(=O)O)c1)NC[C@H]1CN(Cc2ccc(Cl)c(Cl)c2)CCO1. The van der Waals surface area contributed by atoms with Crippen molar-refractivity contribution in [1.29, 1.82) is 0 Å². The third-order valence-corrected chi connectivity index (χ3v) is 6.17. The molecule has 160 valence electrons. The van der Waals surface area contributed by atoms with Crippen molar-refractivity contribution in [3.05, 3.63) is 57.8 Å². The monoisotopic (exact) mass is 469 g/mol. The molecule has 2 heterocycles. The van der Waals surface area contributed by atoms with E-state index in [4.69, 9.17) is 33.0 Å². The lowest BCUT2D eigenvalue weighted by molar-refractivity contribution is -0.119. The number of aromatic carboxylic acids is 1. The Morgan fingerprint density at radius 3 is 2.87 bits per heavy atom. The minimum absolute atomic E-state index is 0.0954. The standard InChI is InChI=1S/C20H21Cl2N3O4S/c21-17-2-1-13(5-18(17)22)10-25-3-4-29-15(11-25)8-24-19(26)12-30-16-6-14(20(27)28)7-23-9-16/h1-2,5-7,9,15H,3-4,8,10-12H2,(H,24,26)(H,27,28)/t15-/m0/s1. The Morgan fingerprint density at radius 1 is 1.27 bits per heavy atom. The molecule has 2 aromatic rings. The summed E-state index contributed by atoms with van der Waals surface area (Å²) in [6, 6.07) is 7.10. The molecule has 0 spiro atoms. The van der Waals surface area contributed by atoms with Crippen molar-refractivity contribution in [3.8, 4) is 0 Å². The number of carboxylic acid groups (broad SMARTS) is 1. The van der Waals surface area contributed by atoms with Gasteiger partial charge in [0.2, 0.25) is 5.91 Å². The lowest BCUT2D eigenvalue weighted by Gasteiger charge is -2.33. The number of rotatable bonds is 8. The number of carbonyl (C=O) groups excluding carboxylic acids is 1. The van der Waals surface area contributed by atoms with E-state index in [2.05, 4.69) is 15.2 Å². The van der Waals surface area contributed by atoms with E-state index in [-0.39, 0.29) is 23.3 Å². The number of halogens is 2. The molecule has 0 unspecified atom stereocenters. The normalized spacial score (nSPS) is 16.9. The highest BCUT2D eigenvalue weighted by atomic mass is 35.5. The summed E-state index contributed by atoms with van der Waals surface area (Å²) in [5, 5.41) is 12.9. The predicted octanol–water partition coefficient (Wildman–Crippen LogP) is 3.20. The second-order valence-electron chi connectivity index (χ2n) is 6.78. The molecule has 0 radical (unpaired) electrons. The number of carboxylic acids is 1. The van der Waals surface area contributed by atoms with Crippen LogP contribution in [0.5, 0.6) is 0 Å². The fourth-order valence-corrected chi connectivity index (χ4v) is 4.05. The van der Waals surface area contributed by atoms with Gasteiger partial charge < -0.3 is 15.2 Å². The van der Waals surface area contributed by atoms with Gasteiger partial charge in [-0.05, 0) is 23.8 Å².